The third-order valence-electron chi connectivity index (χ3n) is 5.78. The summed E-state index contributed by atoms with van der Waals surface area (Å²) in [7, 11) is 1.25. The average molecular weight is 511 g/mol. The van der Waals surface area contributed by atoms with Gasteiger partial charge in [0.1, 0.15) is 17.1 Å². The van der Waals surface area contributed by atoms with E-state index in [2.05, 4.69) is 5.32 Å². The lowest BCUT2D eigenvalue weighted by Gasteiger charge is -2.17. The Morgan fingerprint density at radius 1 is 1.00 bits per heavy atom. The maximum Gasteiger partial charge on any atom is 0.337 e. The molecule has 0 spiro atoms. The van der Waals surface area contributed by atoms with Crippen LogP contribution in [0.25, 0.3) is 0 Å². The zero-order valence-corrected chi connectivity index (χ0v) is 20.6. The van der Waals surface area contributed by atoms with Gasteiger partial charge < -0.3 is 29.9 Å². The number of rotatable bonds is 13. The number of nitrogens with zero attached hydrogens (tertiary/aromatic N) is 1. The SMILES string of the molecule is COC(=O)c1cccc(N2CC(O)=C(C(=O)Nc3ccc(OCCCCCCCC(=O)O)cc3)C2=O)c1. The van der Waals surface area contributed by atoms with E-state index in [0.717, 1.165) is 25.7 Å². The fourth-order valence-corrected chi connectivity index (χ4v) is 3.84. The number of esters is 1. The summed E-state index contributed by atoms with van der Waals surface area (Å²) in [5.74, 6) is -2.50. The molecule has 0 unspecified atom stereocenters. The van der Waals surface area contributed by atoms with Gasteiger partial charge >= 0.3 is 11.9 Å². The average Bonchev–Trinajstić information content (AvgIpc) is 3.19. The van der Waals surface area contributed by atoms with Crippen molar-refractivity contribution in [3.8, 4) is 5.75 Å². The van der Waals surface area contributed by atoms with Gasteiger partial charge in [-0.2, -0.15) is 0 Å². The number of carbonyl (C=O) groups is 4. The second-order valence-electron chi connectivity index (χ2n) is 8.49. The molecule has 0 saturated heterocycles. The fourth-order valence-electron chi connectivity index (χ4n) is 3.84. The van der Waals surface area contributed by atoms with Gasteiger partial charge in [0.25, 0.3) is 11.8 Å². The summed E-state index contributed by atoms with van der Waals surface area (Å²) in [4.78, 5) is 49.1. The van der Waals surface area contributed by atoms with Crippen LogP contribution < -0.4 is 15.0 Å². The van der Waals surface area contributed by atoms with E-state index in [0.29, 0.717) is 30.2 Å². The zero-order chi connectivity index (χ0) is 26.8. The number of aliphatic carboxylic acids is 1. The molecule has 2 aromatic rings. The number of unbranched alkanes of at least 4 members (excludes halogenated alkanes) is 4. The number of hydrogen-bond donors (Lipinski definition) is 3. The topological polar surface area (TPSA) is 142 Å². The van der Waals surface area contributed by atoms with Crippen LogP contribution >= 0.6 is 0 Å². The van der Waals surface area contributed by atoms with Crippen LogP contribution in [0.4, 0.5) is 11.4 Å². The van der Waals surface area contributed by atoms with Crippen molar-refractivity contribution in [2.75, 3.05) is 30.5 Å². The van der Waals surface area contributed by atoms with Crippen LogP contribution in [0.15, 0.2) is 59.9 Å². The van der Waals surface area contributed by atoms with Crippen LogP contribution in [0.1, 0.15) is 48.9 Å². The third-order valence-corrected chi connectivity index (χ3v) is 5.78. The summed E-state index contributed by atoms with van der Waals surface area (Å²) in [6, 6.07) is 12.8. The van der Waals surface area contributed by atoms with Gasteiger partial charge in [-0.25, -0.2) is 4.79 Å². The first-order valence-corrected chi connectivity index (χ1v) is 12.0. The monoisotopic (exact) mass is 510 g/mol. The highest BCUT2D eigenvalue weighted by molar-refractivity contribution is 6.29. The van der Waals surface area contributed by atoms with Crippen molar-refractivity contribution in [1.29, 1.82) is 0 Å². The highest BCUT2D eigenvalue weighted by atomic mass is 16.5. The summed E-state index contributed by atoms with van der Waals surface area (Å²) in [6.45, 7) is 0.325. The number of anilines is 2. The van der Waals surface area contributed by atoms with Crippen molar-refractivity contribution >= 4 is 35.1 Å². The molecule has 10 heteroatoms. The number of methoxy groups -OCH3 is 1. The van der Waals surface area contributed by atoms with Crippen molar-refractivity contribution in [3.05, 3.63) is 65.4 Å². The minimum Gasteiger partial charge on any atom is -0.509 e. The van der Waals surface area contributed by atoms with Gasteiger partial charge in [0.15, 0.2) is 0 Å². The number of amides is 2. The smallest absolute Gasteiger partial charge is 0.337 e. The molecular weight excluding hydrogens is 480 g/mol. The lowest BCUT2D eigenvalue weighted by atomic mass is 10.1. The molecule has 3 N–H and O–H groups in total. The molecule has 2 aromatic carbocycles. The Morgan fingerprint density at radius 2 is 1.70 bits per heavy atom. The summed E-state index contributed by atoms with van der Waals surface area (Å²) < 4.78 is 10.4. The lowest BCUT2D eigenvalue weighted by Crippen LogP contribution is -2.30. The van der Waals surface area contributed by atoms with Crippen LogP contribution in [-0.2, 0) is 19.1 Å². The Balaban J connectivity index is 1.49. The summed E-state index contributed by atoms with van der Waals surface area (Å²) in [5.41, 5.74) is 0.648. The molecule has 0 aliphatic carbocycles. The van der Waals surface area contributed by atoms with Crippen molar-refractivity contribution in [2.45, 2.75) is 38.5 Å². The Morgan fingerprint density at radius 3 is 2.41 bits per heavy atom. The van der Waals surface area contributed by atoms with Crippen LogP contribution in [0.5, 0.6) is 5.75 Å². The van der Waals surface area contributed by atoms with Crippen molar-refractivity contribution < 1.29 is 38.9 Å². The molecule has 0 aromatic heterocycles. The van der Waals surface area contributed by atoms with Gasteiger partial charge in [-0.15, -0.1) is 0 Å². The molecule has 0 radical (unpaired) electrons. The third kappa shape index (κ3) is 7.57. The second-order valence-corrected chi connectivity index (χ2v) is 8.49. The van der Waals surface area contributed by atoms with E-state index in [-0.39, 0.29) is 29.9 Å². The molecule has 10 nitrogen and oxygen atoms in total. The zero-order valence-electron chi connectivity index (χ0n) is 20.6. The summed E-state index contributed by atoms with van der Waals surface area (Å²) in [5, 5.41) is 21.6. The first-order chi connectivity index (χ1) is 17.8. The molecule has 37 heavy (non-hydrogen) atoms. The van der Waals surface area contributed by atoms with Crippen molar-refractivity contribution in [3.63, 3.8) is 0 Å². The van der Waals surface area contributed by atoms with Gasteiger partial charge in [0.05, 0.1) is 25.8 Å². The molecular formula is C27H30N2O8. The second kappa shape index (κ2) is 13.1. The van der Waals surface area contributed by atoms with E-state index in [1.807, 2.05) is 0 Å². The number of carboxylic acid groups (broad SMARTS) is 1. The van der Waals surface area contributed by atoms with Gasteiger partial charge in [0, 0.05) is 17.8 Å². The molecule has 0 saturated carbocycles. The standard InChI is InChI=1S/C27H30N2O8/c1-36-27(35)18-8-7-9-20(16-18)29-17-22(30)24(26(29)34)25(33)28-19-11-13-21(14-12-19)37-15-6-4-2-3-5-10-23(31)32/h7-9,11-14,16,30H,2-6,10,15,17H2,1H3,(H,28,33)(H,31,32). The van der Waals surface area contributed by atoms with Crippen molar-refractivity contribution in [2.24, 2.45) is 0 Å². The quantitative estimate of drug-likeness (QED) is 0.208. The number of nitrogens with one attached hydrogen (secondary N) is 1. The Bertz CT molecular complexity index is 1170. The van der Waals surface area contributed by atoms with E-state index in [9.17, 15) is 24.3 Å². The Kier molecular flexibility index (Phi) is 9.65. The highest BCUT2D eigenvalue weighted by Gasteiger charge is 2.36. The van der Waals surface area contributed by atoms with E-state index >= 15 is 0 Å². The Labute approximate surface area is 214 Å². The molecule has 0 fully saturated rings. The number of hydrogen-bond acceptors (Lipinski definition) is 7. The van der Waals surface area contributed by atoms with E-state index < -0.39 is 23.8 Å². The minimum absolute atomic E-state index is 0.196. The van der Waals surface area contributed by atoms with Gasteiger partial charge in [0.2, 0.25) is 0 Å². The fraction of sp³-hybridized carbons (Fsp3) is 0.333. The van der Waals surface area contributed by atoms with Crippen LogP contribution in [0, 0.1) is 0 Å². The predicted octanol–water partition coefficient (Wildman–Crippen LogP) is 4.07. The largest absolute Gasteiger partial charge is 0.509 e. The number of carbonyl (C=O) groups excluding carboxylic acids is 3. The first-order valence-electron chi connectivity index (χ1n) is 12.0. The number of aliphatic hydroxyl groups excluding tert-OH is 1. The van der Waals surface area contributed by atoms with Gasteiger partial charge in [-0.05, 0) is 55.3 Å². The molecule has 196 valence electrons. The highest BCUT2D eigenvalue weighted by Crippen LogP contribution is 2.27. The number of benzene rings is 2. The number of ether oxygens (including phenoxy) is 2. The molecule has 1 aliphatic heterocycles. The molecule has 0 bridgehead atoms. The normalized spacial score (nSPS) is 13.0. The van der Waals surface area contributed by atoms with Crippen molar-refractivity contribution in [1.82, 2.24) is 0 Å². The van der Waals surface area contributed by atoms with E-state index in [1.165, 1.54) is 24.1 Å². The summed E-state index contributed by atoms with van der Waals surface area (Å²) >= 11 is 0. The molecule has 1 heterocycles. The first kappa shape index (κ1) is 27.3. The predicted molar refractivity (Wildman–Crippen MR) is 136 cm³/mol. The van der Waals surface area contributed by atoms with Crippen LogP contribution in [0.2, 0.25) is 0 Å². The van der Waals surface area contributed by atoms with E-state index in [1.54, 1.807) is 36.4 Å². The van der Waals surface area contributed by atoms with Gasteiger partial charge in [-0.1, -0.05) is 25.3 Å². The van der Waals surface area contributed by atoms with Gasteiger partial charge in [-0.3, -0.25) is 14.4 Å². The minimum atomic E-state index is -0.768. The lowest BCUT2D eigenvalue weighted by molar-refractivity contribution is -0.137. The Hall–Kier alpha value is -4.34. The summed E-state index contributed by atoms with van der Waals surface area (Å²) in [6.07, 6.45) is 4.52. The maximum absolute atomic E-state index is 12.9. The molecule has 2 amide bonds. The number of carboxylic acids is 1. The molecule has 3 rings (SSSR count). The van der Waals surface area contributed by atoms with Crippen LogP contribution in [-0.4, -0.2) is 54.2 Å². The molecule has 0 atom stereocenters. The number of aliphatic hydroxyl groups is 1. The maximum atomic E-state index is 12.9. The van der Waals surface area contributed by atoms with E-state index in [4.69, 9.17) is 14.6 Å². The molecule has 1 aliphatic rings. The van der Waals surface area contributed by atoms with Crippen LogP contribution in [0.3, 0.4) is 0 Å².